The Labute approximate surface area is 126 Å². The van der Waals surface area contributed by atoms with Gasteiger partial charge in [-0.05, 0) is 31.0 Å². The molecule has 1 amide bonds. The van der Waals surface area contributed by atoms with E-state index >= 15 is 0 Å². The molecule has 3 N–H and O–H groups in total. The number of benzene rings is 1. The van der Waals surface area contributed by atoms with Gasteiger partial charge in [-0.3, -0.25) is 4.79 Å². The van der Waals surface area contributed by atoms with E-state index in [1.807, 2.05) is 0 Å². The Morgan fingerprint density at radius 1 is 1.43 bits per heavy atom. The zero-order valence-corrected chi connectivity index (χ0v) is 12.3. The molecule has 1 saturated heterocycles. The second-order valence-electron chi connectivity index (χ2n) is 4.96. The molecule has 0 unspecified atom stereocenters. The molecule has 2 rings (SSSR count). The summed E-state index contributed by atoms with van der Waals surface area (Å²) in [5, 5.41) is 2.78. The van der Waals surface area contributed by atoms with E-state index in [2.05, 4.69) is 5.32 Å². The first kappa shape index (κ1) is 16.2. The van der Waals surface area contributed by atoms with E-state index in [1.165, 1.54) is 6.07 Å². The average Bonchev–Trinajstić information content (AvgIpc) is 2.47. The number of carbonyl (C=O) groups excluding carboxylic acids is 1. The topological polar surface area (TPSA) is 64.4 Å². The largest absolute Gasteiger partial charge is 0.381 e. The summed E-state index contributed by atoms with van der Waals surface area (Å²) in [5.74, 6) is -2.66. The van der Waals surface area contributed by atoms with Gasteiger partial charge in [0.05, 0.1) is 5.41 Å². The van der Waals surface area contributed by atoms with E-state index < -0.39 is 11.2 Å². The molecule has 116 valence electrons. The van der Waals surface area contributed by atoms with Crippen molar-refractivity contribution in [1.82, 2.24) is 0 Å². The number of rotatable bonds is 5. The summed E-state index contributed by atoms with van der Waals surface area (Å²) in [5.41, 5.74) is 5.64. The molecule has 0 saturated carbocycles. The lowest BCUT2D eigenvalue weighted by Gasteiger charge is -2.34. The summed E-state index contributed by atoms with van der Waals surface area (Å²) >= 11 is 0.451. The molecule has 0 atom stereocenters. The van der Waals surface area contributed by atoms with Crippen LogP contribution >= 0.6 is 11.8 Å². The van der Waals surface area contributed by atoms with Crippen LogP contribution in [-0.2, 0) is 9.53 Å². The molecule has 1 aliphatic heterocycles. The van der Waals surface area contributed by atoms with E-state index in [4.69, 9.17) is 10.5 Å². The normalized spacial score (nSPS) is 17.7. The fourth-order valence-corrected chi connectivity index (χ4v) is 2.86. The molecule has 0 aliphatic carbocycles. The van der Waals surface area contributed by atoms with Crippen LogP contribution in [0.5, 0.6) is 0 Å². The molecule has 1 aromatic carbocycles. The SMILES string of the molecule is NCC1(C(=O)Nc2cccc(SC(F)F)c2)CCOCC1. The number of carbonyl (C=O) groups is 1. The predicted octanol–water partition coefficient (Wildman–Crippen LogP) is 2.70. The Hall–Kier alpha value is -1.18. The quantitative estimate of drug-likeness (QED) is 0.820. The fourth-order valence-electron chi connectivity index (χ4n) is 2.30. The number of thioether (sulfide) groups is 1. The molecule has 4 nitrogen and oxygen atoms in total. The smallest absolute Gasteiger partial charge is 0.288 e. The summed E-state index contributed by atoms with van der Waals surface area (Å²) in [6, 6.07) is 6.44. The molecule has 0 radical (unpaired) electrons. The minimum absolute atomic E-state index is 0.174. The van der Waals surface area contributed by atoms with Crippen molar-refractivity contribution in [2.45, 2.75) is 23.5 Å². The van der Waals surface area contributed by atoms with Gasteiger partial charge in [-0.25, -0.2) is 0 Å². The molecule has 1 heterocycles. The first-order valence-corrected chi connectivity index (χ1v) is 7.58. The van der Waals surface area contributed by atoms with Crippen LogP contribution in [0.25, 0.3) is 0 Å². The lowest BCUT2D eigenvalue weighted by Crippen LogP contribution is -2.46. The highest BCUT2D eigenvalue weighted by Gasteiger charge is 2.38. The third-order valence-corrected chi connectivity index (χ3v) is 4.34. The molecule has 0 bridgehead atoms. The molecule has 1 fully saturated rings. The number of ether oxygens (including phenoxy) is 1. The zero-order valence-electron chi connectivity index (χ0n) is 11.5. The van der Waals surface area contributed by atoms with E-state index in [0.29, 0.717) is 48.4 Å². The highest BCUT2D eigenvalue weighted by Crippen LogP contribution is 2.32. The van der Waals surface area contributed by atoms with E-state index in [0.717, 1.165) is 0 Å². The van der Waals surface area contributed by atoms with Crippen LogP contribution in [0.1, 0.15) is 12.8 Å². The van der Waals surface area contributed by atoms with Gasteiger partial charge in [-0.15, -0.1) is 0 Å². The maximum atomic E-state index is 12.5. The Bertz CT molecular complexity index is 494. The Kier molecular flexibility index (Phi) is 5.55. The van der Waals surface area contributed by atoms with E-state index in [1.54, 1.807) is 18.2 Å². The van der Waals surface area contributed by atoms with Crippen LogP contribution < -0.4 is 11.1 Å². The summed E-state index contributed by atoms with van der Waals surface area (Å²) in [6.07, 6.45) is 1.14. The predicted molar refractivity (Wildman–Crippen MR) is 78.5 cm³/mol. The lowest BCUT2D eigenvalue weighted by atomic mass is 9.79. The monoisotopic (exact) mass is 316 g/mol. The van der Waals surface area contributed by atoms with Gasteiger partial charge >= 0.3 is 0 Å². The number of hydrogen-bond acceptors (Lipinski definition) is 4. The molecule has 0 spiro atoms. The van der Waals surface area contributed by atoms with Gasteiger partial charge < -0.3 is 15.8 Å². The fraction of sp³-hybridized carbons (Fsp3) is 0.500. The van der Waals surface area contributed by atoms with Crippen LogP contribution in [0.3, 0.4) is 0 Å². The van der Waals surface area contributed by atoms with Gasteiger partial charge in [0.25, 0.3) is 5.76 Å². The van der Waals surface area contributed by atoms with Gasteiger partial charge in [0.15, 0.2) is 0 Å². The second kappa shape index (κ2) is 7.20. The average molecular weight is 316 g/mol. The maximum Gasteiger partial charge on any atom is 0.288 e. The maximum absolute atomic E-state index is 12.5. The molecule has 21 heavy (non-hydrogen) atoms. The molecule has 0 aromatic heterocycles. The van der Waals surface area contributed by atoms with Crippen molar-refractivity contribution in [3.8, 4) is 0 Å². The minimum Gasteiger partial charge on any atom is -0.381 e. The van der Waals surface area contributed by atoms with Crippen LogP contribution in [0.15, 0.2) is 29.2 Å². The van der Waals surface area contributed by atoms with Gasteiger partial charge in [0.1, 0.15) is 0 Å². The minimum atomic E-state index is -2.48. The number of alkyl halides is 2. The van der Waals surface area contributed by atoms with Crippen molar-refractivity contribution in [2.24, 2.45) is 11.1 Å². The van der Waals surface area contributed by atoms with Gasteiger partial charge in [0, 0.05) is 30.3 Å². The summed E-state index contributed by atoms with van der Waals surface area (Å²) < 4.78 is 30.0. The van der Waals surface area contributed by atoms with E-state index in [-0.39, 0.29) is 12.5 Å². The third-order valence-electron chi connectivity index (χ3n) is 3.64. The van der Waals surface area contributed by atoms with Crippen molar-refractivity contribution < 1.29 is 18.3 Å². The second-order valence-corrected chi connectivity index (χ2v) is 6.02. The highest BCUT2D eigenvalue weighted by molar-refractivity contribution is 7.99. The zero-order chi connectivity index (χ0) is 15.3. The number of amides is 1. The van der Waals surface area contributed by atoms with Crippen molar-refractivity contribution in [3.63, 3.8) is 0 Å². The van der Waals surface area contributed by atoms with Gasteiger partial charge in [-0.2, -0.15) is 8.78 Å². The van der Waals surface area contributed by atoms with E-state index in [9.17, 15) is 13.6 Å². The number of anilines is 1. The Morgan fingerprint density at radius 2 is 2.14 bits per heavy atom. The van der Waals surface area contributed by atoms with Crippen molar-refractivity contribution >= 4 is 23.4 Å². The number of hydrogen-bond donors (Lipinski definition) is 2. The van der Waals surface area contributed by atoms with Gasteiger partial charge in [0.2, 0.25) is 5.91 Å². The van der Waals surface area contributed by atoms with Crippen molar-refractivity contribution in [1.29, 1.82) is 0 Å². The summed E-state index contributed by atoms with van der Waals surface area (Å²) in [6.45, 7) is 1.26. The summed E-state index contributed by atoms with van der Waals surface area (Å²) in [4.78, 5) is 12.9. The first-order valence-electron chi connectivity index (χ1n) is 6.70. The van der Waals surface area contributed by atoms with Crippen molar-refractivity contribution in [3.05, 3.63) is 24.3 Å². The van der Waals surface area contributed by atoms with Crippen molar-refractivity contribution in [2.75, 3.05) is 25.1 Å². The number of halogens is 2. The molecular weight excluding hydrogens is 298 g/mol. The summed E-state index contributed by atoms with van der Waals surface area (Å²) in [7, 11) is 0. The first-order chi connectivity index (χ1) is 10.1. The van der Waals surface area contributed by atoms with Crippen LogP contribution in [0, 0.1) is 5.41 Å². The molecule has 1 aromatic rings. The standard InChI is InChI=1S/C14H18F2N2O2S/c15-13(16)21-11-3-1-2-10(8-11)18-12(19)14(9-17)4-6-20-7-5-14/h1-3,8,13H,4-7,9,17H2,(H,18,19). The molecular formula is C14H18F2N2O2S. The van der Waals surface area contributed by atoms with Crippen LogP contribution in [-0.4, -0.2) is 31.4 Å². The number of nitrogens with one attached hydrogen (secondary N) is 1. The van der Waals surface area contributed by atoms with Crippen LogP contribution in [0.2, 0.25) is 0 Å². The molecule has 1 aliphatic rings. The Morgan fingerprint density at radius 3 is 2.76 bits per heavy atom. The van der Waals surface area contributed by atoms with Gasteiger partial charge in [-0.1, -0.05) is 17.8 Å². The molecule has 7 heteroatoms. The highest BCUT2D eigenvalue weighted by atomic mass is 32.2. The Balaban J connectivity index is 2.07. The van der Waals surface area contributed by atoms with Crippen LogP contribution in [0.4, 0.5) is 14.5 Å². The third kappa shape index (κ3) is 4.15. The lowest BCUT2D eigenvalue weighted by molar-refractivity contribution is -0.130. The number of nitrogens with two attached hydrogens (primary N) is 1.